The third-order valence-electron chi connectivity index (χ3n) is 3.72. The van der Waals surface area contributed by atoms with Crippen LogP contribution in [0.4, 0.5) is 11.4 Å². The Balaban J connectivity index is 2.16. The van der Waals surface area contributed by atoms with E-state index in [2.05, 4.69) is 10.6 Å². The van der Waals surface area contributed by atoms with Gasteiger partial charge in [0.1, 0.15) is 6.04 Å². The monoisotopic (exact) mass is 370 g/mol. The maximum absolute atomic E-state index is 12.5. The van der Waals surface area contributed by atoms with E-state index in [1.54, 1.807) is 18.2 Å². The van der Waals surface area contributed by atoms with Crippen LogP contribution in [0.1, 0.15) is 22.8 Å². The highest BCUT2D eigenvalue weighted by atomic mass is 16.6. The maximum Gasteiger partial charge on any atom is 0.269 e. The molecule has 0 aliphatic carbocycles. The van der Waals surface area contributed by atoms with E-state index in [0.29, 0.717) is 11.3 Å². The van der Waals surface area contributed by atoms with Gasteiger partial charge in [-0.1, -0.05) is 24.3 Å². The first-order chi connectivity index (χ1) is 12.8. The standard InChI is InChI=1S/C18H18N4O5/c1-11(23)20-15-5-3-2-4-14(15)18(25)21-16(17(19)24)10-12-6-8-13(9-7-12)22(26)27/h2-9,16H,10H2,1H3,(H2,19,24)(H,20,23)(H,21,25)/t16-/m0/s1. The molecule has 2 rings (SSSR count). The first-order valence-corrected chi connectivity index (χ1v) is 7.98. The molecule has 140 valence electrons. The van der Waals surface area contributed by atoms with Gasteiger partial charge in [0.25, 0.3) is 11.6 Å². The zero-order valence-corrected chi connectivity index (χ0v) is 14.5. The number of hydrogen-bond donors (Lipinski definition) is 3. The molecule has 0 aliphatic rings. The summed E-state index contributed by atoms with van der Waals surface area (Å²) < 4.78 is 0. The largest absolute Gasteiger partial charge is 0.368 e. The summed E-state index contributed by atoms with van der Waals surface area (Å²) in [6, 6.07) is 10.9. The number of nitro benzene ring substituents is 1. The molecule has 0 bridgehead atoms. The van der Waals surface area contributed by atoms with Crippen LogP contribution in [-0.2, 0) is 16.0 Å². The number of carbonyl (C=O) groups excluding carboxylic acids is 3. The quantitative estimate of drug-likeness (QED) is 0.498. The van der Waals surface area contributed by atoms with Gasteiger partial charge in [0.15, 0.2) is 0 Å². The zero-order chi connectivity index (χ0) is 20.0. The number of benzene rings is 2. The van der Waals surface area contributed by atoms with Crippen LogP contribution in [0.25, 0.3) is 0 Å². The van der Waals surface area contributed by atoms with Crippen molar-refractivity contribution in [1.29, 1.82) is 0 Å². The lowest BCUT2D eigenvalue weighted by atomic mass is 10.0. The number of hydrogen-bond acceptors (Lipinski definition) is 5. The summed E-state index contributed by atoms with van der Waals surface area (Å²) in [6.07, 6.45) is 0.0708. The topological polar surface area (TPSA) is 144 Å². The second-order valence-electron chi connectivity index (χ2n) is 5.78. The van der Waals surface area contributed by atoms with Crippen LogP contribution in [0.15, 0.2) is 48.5 Å². The highest BCUT2D eigenvalue weighted by molar-refractivity contribution is 6.04. The Kier molecular flexibility index (Phi) is 6.21. The van der Waals surface area contributed by atoms with Crippen molar-refractivity contribution in [3.05, 3.63) is 69.8 Å². The fraction of sp³-hybridized carbons (Fsp3) is 0.167. The lowest BCUT2D eigenvalue weighted by Gasteiger charge is -2.17. The second kappa shape index (κ2) is 8.56. The summed E-state index contributed by atoms with van der Waals surface area (Å²) in [7, 11) is 0. The molecule has 0 unspecified atom stereocenters. The molecule has 2 aromatic rings. The van der Waals surface area contributed by atoms with E-state index in [1.165, 1.54) is 37.3 Å². The molecule has 27 heavy (non-hydrogen) atoms. The van der Waals surface area contributed by atoms with E-state index in [1.807, 2.05) is 0 Å². The minimum absolute atomic E-state index is 0.0708. The lowest BCUT2D eigenvalue weighted by Crippen LogP contribution is -2.46. The van der Waals surface area contributed by atoms with Crippen molar-refractivity contribution in [1.82, 2.24) is 5.32 Å². The predicted octanol–water partition coefficient (Wildman–Crippen LogP) is 1.38. The van der Waals surface area contributed by atoms with E-state index in [4.69, 9.17) is 5.73 Å². The van der Waals surface area contributed by atoms with E-state index in [9.17, 15) is 24.5 Å². The van der Waals surface area contributed by atoms with Crippen molar-refractivity contribution >= 4 is 29.1 Å². The van der Waals surface area contributed by atoms with Crippen LogP contribution < -0.4 is 16.4 Å². The fourth-order valence-corrected chi connectivity index (χ4v) is 2.43. The van der Waals surface area contributed by atoms with Crippen LogP contribution in [0.2, 0.25) is 0 Å². The number of nitrogens with two attached hydrogens (primary N) is 1. The summed E-state index contributed by atoms with van der Waals surface area (Å²) in [5.41, 5.74) is 6.38. The molecule has 3 amide bonds. The summed E-state index contributed by atoms with van der Waals surface area (Å²) in [5, 5.41) is 15.8. The van der Waals surface area contributed by atoms with E-state index >= 15 is 0 Å². The number of nitrogens with one attached hydrogen (secondary N) is 2. The summed E-state index contributed by atoms with van der Waals surface area (Å²) >= 11 is 0. The molecule has 0 saturated heterocycles. The SMILES string of the molecule is CC(=O)Nc1ccccc1C(=O)N[C@@H](Cc1ccc([N+](=O)[O-])cc1)C(N)=O. The second-order valence-corrected chi connectivity index (χ2v) is 5.78. The fourth-order valence-electron chi connectivity index (χ4n) is 2.43. The summed E-state index contributed by atoms with van der Waals surface area (Å²) in [6.45, 7) is 1.31. The molecular weight excluding hydrogens is 352 g/mol. The van der Waals surface area contributed by atoms with Crippen LogP contribution in [-0.4, -0.2) is 28.7 Å². The summed E-state index contributed by atoms with van der Waals surface area (Å²) in [5.74, 6) is -1.67. The van der Waals surface area contributed by atoms with E-state index in [0.717, 1.165) is 0 Å². The number of rotatable bonds is 7. The first-order valence-electron chi connectivity index (χ1n) is 7.98. The van der Waals surface area contributed by atoms with Crippen molar-refractivity contribution in [2.75, 3.05) is 5.32 Å². The number of amides is 3. The third kappa shape index (κ3) is 5.36. The molecule has 0 radical (unpaired) electrons. The molecule has 0 heterocycles. The smallest absolute Gasteiger partial charge is 0.269 e. The van der Waals surface area contributed by atoms with Gasteiger partial charge in [0, 0.05) is 25.5 Å². The molecule has 0 fully saturated rings. The Morgan fingerprint density at radius 3 is 2.30 bits per heavy atom. The van der Waals surface area contributed by atoms with Crippen LogP contribution in [0, 0.1) is 10.1 Å². The zero-order valence-electron chi connectivity index (χ0n) is 14.5. The molecule has 9 heteroatoms. The number of nitro groups is 1. The summed E-state index contributed by atoms with van der Waals surface area (Å²) in [4.78, 5) is 45.7. The average molecular weight is 370 g/mol. The number of anilines is 1. The van der Waals surface area contributed by atoms with Crippen LogP contribution >= 0.6 is 0 Å². The van der Waals surface area contributed by atoms with Gasteiger partial charge >= 0.3 is 0 Å². The number of nitrogens with zero attached hydrogens (tertiary/aromatic N) is 1. The van der Waals surface area contributed by atoms with Crippen molar-refractivity contribution in [2.45, 2.75) is 19.4 Å². The van der Waals surface area contributed by atoms with Gasteiger partial charge < -0.3 is 16.4 Å². The normalized spacial score (nSPS) is 11.3. The molecule has 4 N–H and O–H groups in total. The molecule has 1 atom stereocenters. The van der Waals surface area contributed by atoms with Crippen LogP contribution in [0.3, 0.4) is 0 Å². The van der Waals surface area contributed by atoms with Crippen molar-refractivity contribution in [3.8, 4) is 0 Å². The van der Waals surface area contributed by atoms with Gasteiger partial charge in [-0.2, -0.15) is 0 Å². The van der Waals surface area contributed by atoms with E-state index in [-0.39, 0.29) is 23.6 Å². The van der Waals surface area contributed by atoms with Crippen molar-refractivity contribution in [3.63, 3.8) is 0 Å². The highest BCUT2D eigenvalue weighted by Gasteiger charge is 2.21. The maximum atomic E-state index is 12.5. The highest BCUT2D eigenvalue weighted by Crippen LogP contribution is 2.16. The Morgan fingerprint density at radius 2 is 1.74 bits per heavy atom. The Bertz CT molecular complexity index is 880. The molecule has 0 aliphatic heterocycles. The first kappa shape index (κ1) is 19.6. The predicted molar refractivity (Wildman–Crippen MR) is 98.0 cm³/mol. The number of primary amides is 1. The van der Waals surface area contributed by atoms with Crippen molar-refractivity contribution < 1.29 is 19.3 Å². The third-order valence-corrected chi connectivity index (χ3v) is 3.72. The molecule has 0 aromatic heterocycles. The van der Waals surface area contributed by atoms with Crippen LogP contribution in [0.5, 0.6) is 0 Å². The molecular formula is C18H18N4O5. The Hall–Kier alpha value is -3.75. The molecule has 0 spiro atoms. The van der Waals surface area contributed by atoms with Gasteiger partial charge in [-0.3, -0.25) is 24.5 Å². The number of non-ortho nitro benzene ring substituents is 1. The molecule has 9 nitrogen and oxygen atoms in total. The van der Waals surface area contributed by atoms with Gasteiger partial charge in [-0.25, -0.2) is 0 Å². The van der Waals surface area contributed by atoms with Crippen molar-refractivity contribution in [2.24, 2.45) is 5.73 Å². The minimum Gasteiger partial charge on any atom is -0.368 e. The Morgan fingerprint density at radius 1 is 1.11 bits per heavy atom. The van der Waals surface area contributed by atoms with Gasteiger partial charge in [-0.05, 0) is 17.7 Å². The number of para-hydroxylation sites is 1. The molecule has 0 saturated carbocycles. The molecule has 2 aromatic carbocycles. The van der Waals surface area contributed by atoms with Gasteiger partial charge in [0.2, 0.25) is 11.8 Å². The average Bonchev–Trinajstić information content (AvgIpc) is 2.61. The number of carbonyl (C=O) groups is 3. The lowest BCUT2D eigenvalue weighted by molar-refractivity contribution is -0.384. The minimum atomic E-state index is -1.02. The van der Waals surface area contributed by atoms with Gasteiger partial charge in [-0.15, -0.1) is 0 Å². The van der Waals surface area contributed by atoms with Gasteiger partial charge in [0.05, 0.1) is 16.2 Å². The van der Waals surface area contributed by atoms with E-state index < -0.39 is 22.8 Å². The Labute approximate surface area is 154 Å².